The lowest BCUT2D eigenvalue weighted by molar-refractivity contribution is 0.0322. The fraction of sp³-hybridized carbons (Fsp3) is 0.455. The van der Waals surface area contributed by atoms with E-state index in [-0.39, 0.29) is 11.7 Å². The number of carbonyl (C=O) groups is 2. The summed E-state index contributed by atoms with van der Waals surface area (Å²) < 4.78 is 11.2. The van der Waals surface area contributed by atoms with Crippen molar-refractivity contribution in [1.29, 1.82) is 0 Å². The summed E-state index contributed by atoms with van der Waals surface area (Å²) in [5.41, 5.74) is 3.38. The molecule has 2 aromatic rings. The largest absolute Gasteiger partial charge is 0.492 e. The topological polar surface area (TPSA) is 83.7 Å². The van der Waals surface area contributed by atoms with Gasteiger partial charge in [0.15, 0.2) is 5.78 Å². The third kappa shape index (κ3) is 5.46. The van der Waals surface area contributed by atoms with Crippen LogP contribution in [0.4, 0.5) is 0 Å². The van der Waals surface area contributed by atoms with Gasteiger partial charge in [0, 0.05) is 37.4 Å². The number of aromatic nitrogens is 1. The first-order valence-corrected chi connectivity index (χ1v) is 9.96. The van der Waals surface area contributed by atoms with Gasteiger partial charge in [-0.15, -0.1) is 0 Å². The van der Waals surface area contributed by atoms with Gasteiger partial charge in [0.25, 0.3) is 5.91 Å². The molecule has 0 bridgehead atoms. The Morgan fingerprint density at radius 2 is 2.00 bits per heavy atom. The summed E-state index contributed by atoms with van der Waals surface area (Å²) in [5, 5.41) is 2.91. The Labute approximate surface area is 171 Å². The number of ketones is 1. The van der Waals surface area contributed by atoms with Gasteiger partial charge < -0.3 is 19.8 Å². The van der Waals surface area contributed by atoms with Crippen LogP contribution in [-0.4, -0.2) is 61.0 Å². The van der Waals surface area contributed by atoms with Gasteiger partial charge in [-0.2, -0.15) is 0 Å². The number of Topliss-reactive ketones (excluding diaryl/α,β-unsaturated/α-hetero) is 1. The molecule has 1 aliphatic rings. The first-order valence-electron chi connectivity index (χ1n) is 9.96. The van der Waals surface area contributed by atoms with Gasteiger partial charge in [-0.05, 0) is 44.0 Å². The van der Waals surface area contributed by atoms with Crippen LogP contribution in [0.5, 0.6) is 5.75 Å². The molecule has 0 atom stereocenters. The molecular weight excluding hydrogens is 370 g/mol. The van der Waals surface area contributed by atoms with E-state index in [0.29, 0.717) is 30.0 Å². The molecule has 2 N–H and O–H groups in total. The van der Waals surface area contributed by atoms with Gasteiger partial charge in [0.05, 0.1) is 13.2 Å². The number of aromatic amines is 1. The molecule has 1 fully saturated rings. The average Bonchev–Trinajstić information content (AvgIpc) is 3.01. The quantitative estimate of drug-likeness (QED) is 0.667. The van der Waals surface area contributed by atoms with Crippen LogP contribution in [-0.2, 0) is 11.3 Å². The van der Waals surface area contributed by atoms with Crippen molar-refractivity contribution in [1.82, 2.24) is 15.2 Å². The highest BCUT2D eigenvalue weighted by Gasteiger charge is 2.19. The lowest BCUT2D eigenvalue weighted by Gasteiger charge is -2.26. The van der Waals surface area contributed by atoms with Crippen molar-refractivity contribution in [2.75, 3.05) is 39.5 Å². The molecule has 1 aromatic heterocycles. The fourth-order valence-electron chi connectivity index (χ4n) is 3.64. The molecule has 156 valence electrons. The summed E-state index contributed by atoms with van der Waals surface area (Å²) in [6.07, 6.45) is 0. The molecule has 0 spiro atoms. The summed E-state index contributed by atoms with van der Waals surface area (Å²) in [6, 6.07) is 7.72. The molecule has 1 saturated heterocycles. The van der Waals surface area contributed by atoms with Crippen molar-refractivity contribution >= 4 is 11.7 Å². The van der Waals surface area contributed by atoms with Crippen molar-refractivity contribution in [2.24, 2.45) is 0 Å². The van der Waals surface area contributed by atoms with Gasteiger partial charge >= 0.3 is 0 Å². The molecule has 3 rings (SSSR count). The van der Waals surface area contributed by atoms with E-state index in [0.717, 1.165) is 49.9 Å². The SMILES string of the molecule is CC(=O)c1c(C)[nH]c(C(=O)NCc2cccc(OCCN3CCOCC3)c2)c1C. The predicted molar refractivity (Wildman–Crippen MR) is 111 cm³/mol. The van der Waals surface area contributed by atoms with E-state index in [1.165, 1.54) is 6.92 Å². The van der Waals surface area contributed by atoms with Gasteiger partial charge in [0.1, 0.15) is 18.1 Å². The van der Waals surface area contributed by atoms with Gasteiger partial charge in [0.2, 0.25) is 0 Å². The third-order valence-electron chi connectivity index (χ3n) is 5.15. The number of nitrogens with zero attached hydrogens (tertiary/aromatic N) is 1. The molecule has 0 unspecified atom stereocenters. The number of aryl methyl sites for hydroxylation is 1. The Morgan fingerprint density at radius 1 is 1.24 bits per heavy atom. The van der Waals surface area contributed by atoms with Crippen molar-refractivity contribution in [3.63, 3.8) is 0 Å². The van der Waals surface area contributed by atoms with E-state index in [1.807, 2.05) is 24.3 Å². The summed E-state index contributed by atoms with van der Waals surface area (Å²) in [7, 11) is 0. The molecule has 29 heavy (non-hydrogen) atoms. The zero-order valence-electron chi connectivity index (χ0n) is 17.3. The summed E-state index contributed by atoms with van der Waals surface area (Å²) in [4.78, 5) is 29.7. The molecular formula is C22H29N3O4. The van der Waals surface area contributed by atoms with Crippen LogP contribution in [0.15, 0.2) is 24.3 Å². The first kappa shape index (κ1) is 21.1. The van der Waals surface area contributed by atoms with Gasteiger partial charge in [-0.3, -0.25) is 14.5 Å². The number of morpholine rings is 1. The number of hydrogen-bond acceptors (Lipinski definition) is 5. The van der Waals surface area contributed by atoms with Gasteiger partial charge in [-0.1, -0.05) is 12.1 Å². The van der Waals surface area contributed by atoms with Crippen LogP contribution in [0.3, 0.4) is 0 Å². The average molecular weight is 399 g/mol. The highest BCUT2D eigenvalue weighted by atomic mass is 16.5. The van der Waals surface area contributed by atoms with Crippen molar-refractivity contribution in [3.8, 4) is 5.75 Å². The fourth-order valence-corrected chi connectivity index (χ4v) is 3.64. The predicted octanol–water partition coefficient (Wildman–Crippen LogP) is 2.48. The lowest BCUT2D eigenvalue weighted by atomic mass is 10.1. The monoisotopic (exact) mass is 399 g/mol. The van der Waals surface area contributed by atoms with E-state index in [4.69, 9.17) is 9.47 Å². The zero-order valence-corrected chi connectivity index (χ0v) is 17.3. The maximum atomic E-state index is 12.6. The normalized spacial score (nSPS) is 14.6. The maximum absolute atomic E-state index is 12.6. The van der Waals surface area contributed by atoms with Crippen LogP contribution in [0.25, 0.3) is 0 Å². The highest BCUT2D eigenvalue weighted by molar-refractivity contribution is 6.02. The van der Waals surface area contributed by atoms with E-state index >= 15 is 0 Å². The molecule has 0 radical (unpaired) electrons. The Hall–Kier alpha value is -2.64. The maximum Gasteiger partial charge on any atom is 0.268 e. The summed E-state index contributed by atoms with van der Waals surface area (Å²) in [6.45, 7) is 10.4. The number of amides is 1. The van der Waals surface area contributed by atoms with E-state index in [9.17, 15) is 9.59 Å². The minimum absolute atomic E-state index is 0.0442. The van der Waals surface area contributed by atoms with Crippen LogP contribution in [0, 0.1) is 13.8 Å². The molecule has 7 nitrogen and oxygen atoms in total. The number of carbonyl (C=O) groups excluding carboxylic acids is 2. The lowest BCUT2D eigenvalue weighted by Crippen LogP contribution is -2.38. The van der Waals surface area contributed by atoms with Crippen LogP contribution < -0.4 is 10.1 Å². The highest BCUT2D eigenvalue weighted by Crippen LogP contribution is 2.19. The summed E-state index contributed by atoms with van der Waals surface area (Å²) >= 11 is 0. The molecule has 1 aliphatic heterocycles. The van der Waals surface area contributed by atoms with Crippen molar-refractivity contribution in [3.05, 3.63) is 52.3 Å². The smallest absolute Gasteiger partial charge is 0.268 e. The minimum Gasteiger partial charge on any atom is -0.492 e. The molecule has 0 saturated carbocycles. The Kier molecular flexibility index (Phi) is 7.06. The second kappa shape index (κ2) is 9.71. The number of rotatable bonds is 8. The number of H-pyrrole nitrogens is 1. The first-order chi connectivity index (χ1) is 14.0. The molecule has 1 aromatic carbocycles. The molecule has 1 amide bonds. The number of hydrogen-bond donors (Lipinski definition) is 2. The Balaban J connectivity index is 1.53. The van der Waals surface area contributed by atoms with Crippen molar-refractivity contribution in [2.45, 2.75) is 27.3 Å². The zero-order chi connectivity index (χ0) is 20.8. The third-order valence-corrected chi connectivity index (χ3v) is 5.15. The number of benzene rings is 1. The van der Waals surface area contributed by atoms with Crippen LogP contribution in [0.2, 0.25) is 0 Å². The summed E-state index contributed by atoms with van der Waals surface area (Å²) in [5.74, 6) is 0.518. The number of ether oxygens (including phenoxy) is 2. The van der Waals surface area contributed by atoms with Crippen LogP contribution in [0.1, 0.15) is 44.6 Å². The molecule has 7 heteroatoms. The molecule has 0 aliphatic carbocycles. The van der Waals surface area contributed by atoms with E-state index in [2.05, 4.69) is 15.2 Å². The molecule has 2 heterocycles. The van der Waals surface area contributed by atoms with Gasteiger partial charge in [-0.25, -0.2) is 0 Å². The number of nitrogens with one attached hydrogen (secondary N) is 2. The second-order valence-corrected chi connectivity index (χ2v) is 7.31. The minimum atomic E-state index is -0.225. The van der Waals surface area contributed by atoms with Crippen molar-refractivity contribution < 1.29 is 19.1 Å². The van der Waals surface area contributed by atoms with Crippen LogP contribution >= 0.6 is 0 Å². The van der Waals surface area contributed by atoms with E-state index < -0.39 is 0 Å². The van der Waals surface area contributed by atoms with E-state index in [1.54, 1.807) is 13.8 Å². The standard InChI is InChI=1S/C22H29N3O4/c1-15-20(17(3)26)16(2)24-21(15)22(27)23-14-18-5-4-6-19(13-18)29-12-9-25-7-10-28-11-8-25/h4-6,13,24H,7-12,14H2,1-3H3,(H,23,27). The second-order valence-electron chi connectivity index (χ2n) is 7.31. The Bertz CT molecular complexity index is 869. The Morgan fingerprint density at radius 3 is 2.69 bits per heavy atom.